The van der Waals surface area contributed by atoms with E-state index in [0.29, 0.717) is 18.9 Å². The van der Waals surface area contributed by atoms with E-state index >= 15 is 0 Å². The molecule has 1 unspecified atom stereocenters. The highest BCUT2D eigenvalue weighted by Gasteiger charge is 2.32. The zero-order valence-electron chi connectivity index (χ0n) is 15.7. The Balaban J connectivity index is 2.24. The van der Waals surface area contributed by atoms with Gasteiger partial charge < -0.3 is 10.6 Å². The minimum atomic E-state index is -0.497. The number of hydrogen-bond donors (Lipinski definition) is 1. The van der Waals surface area contributed by atoms with Gasteiger partial charge in [-0.1, -0.05) is 58.0 Å². The minimum absolute atomic E-state index is 0.0338. The molecule has 25 heavy (non-hydrogen) atoms. The predicted octanol–water partition coefficient (Wildman–Crippen LogP) is 1.98. The number of hydrogen-bond acceptors (Lipinski definition) is 5. The van der Waals surface area contributed by atoms with Crippen LogP contribution in [-0.4, -0.2) is 51.2 Å². The highest BCUT2D eigenvalue weighted by molar-refractivity contribution is 5.80. The summed E-state index contributed by atoms with van der Waals surface area (Å²) < 4.78 is 0. The number of nitrogens with two attached hydrogens (primary N) is 1. The van der Waals surface area contributed by atoms with Gasteiger partial charge in [0.1, 0.15) is 0 Å². The molecule has 0 aliphatic carbocycles. The largest absolute Gasteiger partial charge is 0.343 e. The van der Waals surface area contributed by atoms with Crippen molar-refractivity contribution in [3.05, 3.63) is 30.3 Å². The van der Waals surface area contributed by atoms with Crippen LogP contribution in [0.3, 0.4) is 0 Å². The molecule has 0 aliphatic heterocycles. The van der Waals surface area contributed by atoms with Crippen molar-refractivity contribution in [3.63, 3.8) is 0 Å². The van der Waals surface area contributed by atoms with Gasteiger partial charge in [0.25, 0.3) is 0 Å². The number of amides is 1. The van der Waals surface area contributed by atoms with E-state index in [9.17, 15) is 4.79 Å². The highest BCUT2D eigenvalue weighted by atomic mass is 16.2. The molecule has 2 rings (SSSR count). The van der Waals surface area contributed by atoms with E-state index in [0.717, 1.165) is 5.56 Å². The molecule has 2 N–H and O–H groups in total. The fourth-order valence-corrected chi connectivity index (χ4v) is 2.71. The second kappa shape index (κ2) is 7.74. The average molecular weight is 344 g/mol. The third-order valence-electron chi connectivity index (χ3n) is 4.19. The normalized spacial score (nSPS) is 13.1. The van der Waals surface area contributed by atoms with Crippen molar-refractivity contribution in [2.75, 3.05) is 20.1 Å². The Morgan fingerprint density at radius 2 is 1.92 bits per heavy atom. The van der Waals surface area contributed by atoms with Crippen LogP contribution in [0.1, 0.15) is 33.7 Å². The van der Waals surface area contributed by atoms with Crippen molar-refractivity contribution < 1.29 is 4.79 Å². The number of likely N-dealkylation sites (N-methyl/N-ethyl adjacent to an activating group) is 1. The first-order chi connectivity index (χ1) is 11.7. The SMILES string of the molecule is CC(C)C(C(=O)N(C)CC(C)(C)CN)n1nnc(-c2ccccc2)n1. The molecule has 2 aromatic rings. The standard InChI is InChI=1S/C18H28N6O/c1-13(2)15(17(25)23(5)12-18(3,4)11-19)24-21-16(20-22-24)14-9-7-6-8-10-14/h6-10,13,15H,11-12,19H2,1-5H3. The number of benzene rings is 1. The second-order valence-electron chi connectivity index (χ2n) is 7.55. The van der Waals surface area contributed by atoms with E-state index in [1.165, 1.54) is 4.80 Å². The Morgan fingerprint density at radius 3 is 2.48 bits per heavy atom. The Kier molecular flexibility index (Phi) is 5.89. The third-order valence-corrected chi connectivity index (χ3v) is 4.19. The van der Waals surface area contributed by atoms with Gasteiger partial charge in [0.05, 0.1) is 0 Å². The maximum atomic E-state index is 13.0. The molecule has 7 nitrogen and oxygen atoms in total. The molecule has 0 aliphatic rings. The lowest BCUT2D eigenvalue weighted by Crippen LogP contribution is -2.44. The number of carbonyl (C=O) groups excluding carboxylic acids is 1. The van der Waals surface area contributed by atoms with Crippen molar-refractivity contribution in [2.45, 2.75) is 33.7 Å². The van der Waals surface area contributed by atoms with Crippen molar-refractivity contribution >= 4 is 5.91 Å². The fourth-order valence-electron chi connectivity index (χ4n) is 2.71. The number of rotatable bonds is 7. The minimum Gasteiger partial charge on any atom is -0.343 e. The van der Waals surface area contributed by atoms with Crippen molar-refractivity contribution in [1.29, 1.82) is 0 Å². The molecule has 1 aromatic heterocycles. The molecule has 136 valence electrons. The lowest BCUT2D eigenvalue weighted by molar-refractivity contribution is -0.136. The zero-order valence-corrected chi connectivity index (χ0v) is 15.7. The van der Waals surface area contributed by atoms with Crippen LogP contribution in [0.15, 0.2) is 30.3 Å². The Hall–Kier alpha value is -2.28. The summed E-state index contributed by atoms with van der Waals surface area (Å²) in [4.78, 5) is 16.1. The van der Waals surface area contributed by atoms with E-state index in [1.807, 2.05) is 58.0 Å². The van der Waals surface area contributed by atoms with Crippen LogP contribution in [0.4, 0.5) is 0 Å². The monoisotopic (exact) mass is 344 g/mol. The highest BCUT2D eigenvalue weighted by Crippen LogP contribution is 2.22. The number of tetrazole rings is 1. The molecule has 7 heteroatoms. The lowest BCUT2D eigenvalue weighted by Gasteiger charge is -2.32. The van der Waals surface area contributed by atoms with Gasteiger partial charge >= 0.3 is 0 Å². The van der Waals surface area contributed by atoms with Crippen LogP contribution in [0.5, 0.6) is 0 Å². The van der Waals surface area contributed by atoms with Crippen LogP contribution in [0, 0.1) is 11.3 Å². The van der Waals surface area contributed by atoms with Gasteiger partial charge in [-0.3, -0.25) is 4.79 Å². The lowest BCUT2D eigenvalue weighted by atomic mass is 9.92. The molecule has 1 atom stereocenters. The molecule has 0 spiro atoms. The molecule has 0 radical (unpaired) electrons. The van der Waals surface area contributed by atoms with Gasteiger partial charge in [0.15, 0.2) is 6.04 Å². The van der Waals surface area contributed by atoms with E-state index in [1.54, 1.807) is 11.9 Å². The van der Waals surface area contributed by atoms with E-state index < -0.39 is 6.04 Å². The van der Waals surface area contributed by atoms with Crippen LogP contribution in [0.2, 0.25) is 0 Å². The van der Waals surface area contributed by atoms with Crippen molar-refractivity contribution in [3.8, 4) is 11.4 Å². The maximum absolute atomic E-state index is 13.0. The Bertz CT molecular complexity index is 695. The summed E-state index contributed by atoms with van der Waals surface area (Å²) in [5.41, 5.74) is 6.53. The summed E-state index contributed by atoms with van der Waals surface area (Å²) in [6.45, 7) is 9.14. The molecule has 0 saturated heterocycles. The first kappa shape index (κ1) is 19.1. The summed E-state index contributed by atoms with van der Waals surface area (Å²) in [5, 5.41) is 12.7. The van der Waals surface area contributed by atoms with E-state index in [-0.39, 0.29) is 17.2 Å². The first-order valence-corrected chi connectivity index (χ1v) is 8.55. The fraction of sp³-hybridized carbons (Fsp3) is 0.556. The molecule has 0 saturated carbocycles. The molecule has 0 fully saturated rings. The molecular weight excluding hydrogens is 316 g/mol. The van der Waals surface area contributed by atoms with Gasteiger partial charge in [0, 0.05) is 19.2 Å². The summed E-state index contributed by atoms with van der Waals surface area (Å²) >= 11 is 0. The number of aromatic nitrogens is 4. The number of nitrogens with zero attached hydrogens (tertiary/aromatic N) is 5. The van der Waals surface area contributed by atoms with Gasteiger partial charge in [-0.2, -0.15) is 4.80 Å². The smallest absolute Gasteiger partial charge is 0.249 e. The van der Waals surface area contributed by atoms with Crippen molar-refractivity contribution in [1.82, 2.24) is 25.1 Å². The summed E-state index contributed by atoms with van der Waals surface area (Å²) in [5.74, 6) is 0.520. The number of carbonyl (C=O) groups is 1. The van der Waals surface area contributed by atoms with E-state index in [4.69, 9.17) is 5.73 Å². The first-order valence-electron chi connectivity index (χ1n) is 8.55. The van der Waals surface area contributed by atoms with Crippen LogP contribution < -0.4 is 5.73 Å². The molecular formula is C18H28N6O. The Morgan fingerprint density at radius 1 is 1.28 bits per heavy atom. The van der Waals surface area contributed by atoms with Crippen LogP contribution in [-0.2, 0) is 4.79 Å². The maximum Gasteiger partial charge on any atom is 0.249 e. The van der Waals surface area contributed by atoms with Crippen LogP contribution >= 0.6 is 0 Å². The van der Waals surface area contributed by atoms with Gasteiger partial charge in [-0.15, -0.1) is 10.2 Å². The third kappa shape index (κ3) is 4.63. The van der Waals surface area contributed by atoms with Crippen molar-refractivity contribution in [2.24, 2.45) is 17.1 Å². The molecule has 0 bridgehead atoms. The predicted molar refractivity (Wildman–Crippen MR) is 97.6 cm³/mol. The topological polar surface area (TPSA) is 89.9 Å². The second-order valence-corrected chi connectivity index (χ2v) is 7.55. The molecule has 1 amide bonds. The zero-order chi connectivity index (χ0) is 18.6. The van der Waals surface area contributed by atoms with Gasteiger partial charge in [0.2, 0.25) is 11.7 Å². The Labute approximate surface area is 149 Å². The van der Waals surface area contributed by atoms with Gasteiger partial charge in [-0.25, -0.2) is 0 Å². The molecule has 1 aromatic carbocycles. The summed E-state index contributed by atoms with van der Waals surface area (Å²) in [6.07, 6.45) is 0. The average Bonchev–Trinajstić information content (AvgIpc) is 3.04. The quantitative estimate of drug-likeness (QED) is 0.829. The van der Waals surface area contributed by atoms with Crippen LogP contribution in [0.25, 0.3) is 11.4 Å². The summed E-state index contributed by atoms with van der Waals surface area (Å²) in [6, 6.07) is 9.12. The summed E-state index contributed by atoms with van der Waals surface area (Å²) in [7, 11) is 1.80. The van der Waals surface area contributed by atoms with E-state index in [2.05, 4.69) is 15.4 Å². The van der Waals surface area contributed by atoms with Gasteiger partial charge in [-0.05, 0) is 23.1 Å². The molecule has 1 heterocycles.